The van der Waals surface area contributed by atoms with Crippen molar-refractivity contribution in [2.24, 2.45) is 7.05 Å². The third kappa shape index (κ3) is 3.55. The second-order valence-corrected chi connectivity index (χ2v) is 8.75. The number of hydrogen-bond acceptors (Lipinski definition) is 5. The van der Waals surface area contributed by atoms with Gasteiger partial charge in [0.05, 0.1) is 18.4 Å². The van der Waals surface area contributed by atoms with Crippen molar-refractivity contribution in [3.05, 3.63) is 61.4 Å². The number of piperidine rings is 1. The first-order valence-electron chi connectivity index (χ1n) is 10.9. The lowest BCUT2D eigenvalue weighted by atomic mass is 10.00. The zero-order chi connectivity index (χ0) is 20.8. The number of rotatable bonds is 4. The summed E-state index contributed by atoms with van der Waals surface area (Å²) in [7, 11) is 1.92. The molecular weight excluding hydrogens is 386 g/mol. The third-order valence-electron chi connectivity index (χ3n) is 6.57. The minimum absolute atomic E-state index is 0.489. The van der Waals surface area contributed by atoms with Crippen molar-refractivity contribution in [3.8, 4) is 33.6 Å². The van der Waals surface area contributed by atoms with Gasteiger partial charge in [-0.05, 0) is 37.3 Å². The Kier molecular flexibility index (Phi) is 4.42. The zero-order valence-corrected chi connectivity index (χ0v) is 17.5. The molecule has 2 aliphatic heterocycles. The molecule has 0 aliphatic carbocycles. The number of nitrogens with one attached hydrogen (secondary N) is 1. The van der Waals surface area contributed by atoms with Gasteiger partial charge >= 0.3 is 0 Å². The van der Waals surface area contributed by atoms with E-state index in [1.807, 2.05) is 54.8 Å². The van der Waals surface area contributed by atoms with E-state index in [2.05, 4.69) is 48.5 Å². The Balaban J connectivity index is 1.22. The Morgan fingerprint density at radius 1 is 0.806 bits per heavy atom. The van der Waals surface area contributed by atoms with Crippen molar-refractivity contribution in [1.82, 2.24) is 34.8 Å². The van der Waals surface area contributed by atoms with E-state index in [1.165, 1.54) is 25.7 Å². The van der Waals surface area contributed by atoms with Gasteiger partial charge in [0.1, 0.15) is 0 Å². The number of aryl methyl sites for hydroxylation is 1. The van der Waals surface area contributed by atoms with Crippen molar-refractivity contribution in [2.45, 2.75) is 43.8 Å². The van der Waals surface area contributed by atoms with Gasteiger partial charge in [-0.3, -0.25) is 9.36 Å². The van der Waals surface area contributed by atoms with E-state index in [-0.39, 0.29) is 0 Å². The Morgan fingerprint density at radius 3 is 2.26 bits per heavy atom. The molecule has 2 saturated heterocycles. The molecule has 3 aromatic heterocycles. The molecule has 0 saturated carbocycles. The maximum atomic E-state index is 4.67. The molecule has 2 fully saturated rings. The largest absolute Gasteiger partial charge is 0.311 e. The average Bonchev–Trinajstić information content (AvgIpc) is 3.54. The second-order valence-electron chi connectivity index (χ2n) is 8.75. The molecule has 5 heterocycles. The molecule has 1 aromatic carbocycles. The van der Waals surface area contributed by atoms with E-state index in [4.69, 9.17) is 0 Å². The first-order valence-corrected chi connectivity index (χ1v) is 10.9. The Labute approximate surface area is 181 Å². The summed E-state index contributed by atoms with van der Waals surface area (Å²) in [6.07, 6.45) is 16.7. The average molecular weight is 412 g/mol. The lowest BCUT2D eigenvalue weighted by Crippen LogP contribution is -2.38. The van der Waals surface area contributed by atoms with Crippen LogP contribution in [0.25, 0.3) is 33.6 Å². The van der Waals surface area contributed by atoms with Crippen molar-refractivity contribution in [1.29, 1.82) is 0 Å². The fourth-order valence-electron chi connectivity index (χ4n) is 4.96. The minimum Gasteiger partial charge on any atom is -0.311 e. The molecular formula is C24H25N7. The summed E-state index contributed by atoms with van der Waals surface area (Å²) in [5, 5.41) is 12.6. The molecule has 4 aromatic rings. The van der Waals surface area contributed by atoms with Gasteiger partial charge in [-0.2, -0.15) is 10.2 Å². The summed E-state index contributed by atoms with van der Waals surface area (Å²) in [6, 6.07) is 10.1. The summed E-state index contributed by atoms with van der Waals surface area (Å²) in [4.78, 5) is 9.28. The van der Waals surface area contributed by atoms with Gasteiger partial charge in [0, 0.05) is 66.2 Å². The lowest BCUT2D eigenvalue weighted by molar-refractivity contribution is 0.281. The zero-order valence-electron chi connectivity index (χ0n) is 17.5. The molecule has 3 atom stereocenters. The molecule has 2 aliphatic rings. The lowest BCUT2D eigenvalue weighted by Gasteiger charge is -2.29. The van der Waals surface area contributed by atoms with Crippen LogP contribution in [0.15, 0.2) is 61.4 Å². The van der Waals surface area contributed by atoms with Crippen LogP contribution in [0.3, 0.4) is 0 Å². The van der Waals surface area contributed by atoms with Crippen LogP contribution >= 0.6 is 0 Å². The van der Waals surface area contributed by atoms with Crippen LogP contribution in [0.5, 0.6) is 0 Å². The highest BCUT2D eigenvalue weighted by Crippen LogP contribution is 2.34. The molecule has 0 radical (unpaired) electrons. The van der Waals surface area contributed by atoms with Gasteiger partial charge in [-0.25, -0.2) is 9.97 Å². The quantitative estimate of drug-likeness (QED) is 0.552. The van der Waals surface area contributed by atoms with Gasteiger partial charge in [-0.1, -0.05) is 18.2 Å². The van der Waals surface area contributed by atoms with Gasteiger partial charge in [0.2, 0.25) is 0 Å². The number of benzene rings is 1. The fourth-order valence-corrected chi connectivity index (χ4v) is 4.96. The number of fused-ring (bicyclic) bond motifs is 2. The van der Waals surface area contributed by atoms with E-state index in [1.54, 1.807) is 0 Å². The van der Waals surface area contributed by atoms with Gasteiger partial charge < -0.3 is 5.32 Å². The standard InChI is InChI=1S/C24H25N7/c1-30-14-19(12-27-30)16-3-2-4-17(7-16)24-25-10-18(11-26-24)20-13-28-31(15-20)23-8-21-5-6-22(9-23)29-21/h2-4,7,10-15,21-23,29H,5-6,8-9H2,1H3/t21-,22?,23?/m0/s1. The van der Waals surface area contributed by atoms with Crippen LogP contribution in [0, 0.1) is 0 Å². The van der Waals surface area contributed by atoms with Gasteiger partial charge in [-0.15, -0.1) is 0 Å². The molecule has 1 N–H and O–H groups in total. The highest BCUT2D eigenvalue weighted by Gasteiger charge is 2.34. The van der Waals surface area contributed by atoms with E-state index in [0.717, 1.165) is 33.6 Å². The van der Waals surface area contributed by atoms with Crippen LogP contribution in [-0.2, 0) is 7.05 Å². The van der Waals surface area contributed by atoms with Crippen molar-refractivity contribution in [3.63, 3.8) is 0 Å². The summed E-state index contributed by atoms with van der Waals surface area (Å²) in [5.74, 6) is 0.719. The molecule has 2 unspecified atom stereocenters. The molecule has 7 nitrogen and oxygen atoms in total. The predicted molar refractivity (Wildman–Crippen MR) is 119 cm³/mol. The molecule has 0 amide bonds. The summed E-state index contributed by atoms with van der Waals surface area (Å²) < 4.78 is 3.95. The van der Waals surface area contributed by atoms with E-state index >= 15 is 0 Å². The van der Waals surface area contributed by atoms with Crippen LogP contribution in [0.1, 0.15) is 31.7 Å². The molecule has 7 heteroatoms. The smallest absolute Gasteiger partial charge is 0.159 e. The monoisotopic (exact) mass is 411 g/mol. The van der Waals surface area contributed by atoms with Crippen molar-refractivity contribution in [2.75, 3.05) is 0 Å². The second kappa shape index (κ2) is 7.42. The van der Waals surface area contributed by atoms with Gasteiger partial charge in [0.15, 0.2) is 5.82 Å². The number of hydrogen-bond donors (Lipinski definition) is 1. The Morgan fingerprint density at radius 2 is 1.52 bits per heavy atom. The van der Waals surface area contributed by atoms with Crippen LogP contribution in [-0.4, -0.2) is 41.6 Å². The first kappa shape index (κ1) is 18.4. The SMILES string of the molecule is Cn1cc(-c2cccc(-c3ncc(-c4cnn(C5CC6CC[C@@H](C5)N6)c4)cn3)c2)cn1. The van der Waals surface area contributed by atoms with Crippen LogP contribution in [0.2, 0.25) is 0 Å². The van der Waals surface area contributed by atoms with Crippen molar-refractivity contribution < 1.29 is 0 Å². The highest BCUT2D eigenvalue weighted by molar-refractivity contribution is 5.70. The molecule has 2 bridgehead atoms. The Bertz CT molecular complexity index is 1190. The summed E-state index contributed by atoms with van der Waals surface area (Å²) >= 11 is 0. The maximum Gasteiger partial charge on any atom is 0.159 e. The predicted octanol–water partition coefficient (Wildman–Crippen LogP) is 3.86. The normalized spacial score (nSPS) is 22.7. The maximum absolute atomic E-state index is 4.67. The molecule has 6 rings (SSSR count). The topological polar surface area (TPSA) is 73.5 Å². The number of aromatic nitrogens is 6. The Hall–Kier alpha value is -3.32. The minimum atomic E-state index is 0.489. The summed E-state index contributed by atoms with van der Waals surface area (Å²) in [5.41, 5.74) is 5.25. The molecule has 31 heavy (non-hydrogen) atoms. The third-order valence-corrected chi connectivity index (χ3v) is 6.57. The van der Waals surface area contributed by atoms with E-state index in [0.29, 0.717) is 18.1 Å². The fraction of sp³-hybridized carbons (Fsp3) is 0.333. The molecule has 0 spiro atoms. The summed E-state index contributed by atoms with van der Waals surface area (Å²) in [6.45, 7) is 0. The van der Waals surface area contributed by atoms with Crippen LogP contribution in [0.4, 0.5) is 0 Å². The van der Waals surface area contributed by atoms with Crippen LogP contribution < -0.4 is 5.32 Å². The van der Waals surface area contributed by atoms with Gasteiger partial charge in [0.25, 0.3) is 0 Å². The molecule has 156 valence electrons. The first-order chi connectivity index (χ1) is 15.2. The van der Waals surface area contributed by atoms with Crippen molar-refractivity contribution >= 4 is 0 Å². The highest BCUT2D eigenvalue weighted by atomic mass is 15.3. The van der Waals surface area contributed by atoms with E-state index < -0.39 is 0 Å². The van der Waals surface area contributed by atoms with E-state index in [9.17, 15) is 0 Å². The number of nitrogens with zero attached hydrogens (tertiary/aromatic N) is 6.